The molecule has 118 valence electrons. The first kappa shape index (κ1) is 16.5. The van der Waals surface area contributed by atoms with Gasteiger partial charge in [-0.25, -0.2) is 0 Å². The molecule has 1 N–H and O–H groups in total. The fourth-order valence-corrected chi connectivity index (χ4v) is 3.54. The molecule has 0 radical (unpaired) electrons. The summed E-state index contributed by atoms with van der Waals surface area (Å²) in [7, 11) is 2.28. The molecule has 1 atom stereocenters. The van der Waals surface area contributed by atoms with Crippen LogP contribution < -0.4 is 5.32 Å². The van der Waals surface area contributed by atoms with E-state index in [0.29, 0.717) is 6.04 Å². The first-order valence-corrected chi connectivity index (χ1v) is 8.50. The zero-order chi connectivity index (χ0) is 15.4. The molecule has 0 spiro atoms. The third-order valence-corrected chi connectivity index (χ3v) is 5.21. The summed E-state index contributed by atoms with van der Waals surface area (Å²) in [5, 5.41) is 3.70. The van der Waals surface area contributed by atoms with Gasteiger partial charge in [-0.2, -0.15) is 0 Å². The van der Waals surface area contributed by atoms with Crippen molar-refractivity contribution in [1.29, 1.82) is 0 Å². The van der Waals surface area contributed by atoms with Crippen LogP contribution in [0.2, 0.25) is 0 Å². The maximum absolute atomic E-state index is 3.70. The molecular weight excluding hydrogens is 256 g/mol. The second-order valence-corrected chi connectivity index (χ2v) is 6.89. The van der Waals surface area contributed by atoms with Gasteiger partial charge in [0.05, 0.1) is 0 Å². The summed E-state index contributed by atoms with van der Waals surface area (Å²) in [4.78, 5) is 2.54. The van der Waals surface area contributed by atoms with E-state index in [1.165, 1.54) is 47.9 Å². The van der Waals surface area contributed by atoms with Crippen molar-refractivity contribution in [2.45, 2.75) is 65.5 Å². The Morgan fingerprint density at radius 1 is 1.10 bits per heavy atom. The lowest BCUT2D eigenvalue weighted by molar-refractivity contribution is 0.243. The van der Waals surface area contributed by atoms with E-state index in [-0.39, 0.29) is 0 Å². The smallest absolute Gasteiger partial charge is 0.0295 e. The van der Waals surface area contributed by atoms with E-state index in [4.69, 9.17) is 0 Å². The summed E-state index contributed by atoms with van der Waals surface area (Å²) in [5.41, 5.74) is 5.64. The van der Waals surface area contributed by atoms with Crippen LogP contribution in [0.1, 0.15) is 60.9 Å². The van der Waals surface area contributed by atoms with Gasteiger partial charge >= 0.3 is 0 Å². The molecule has 0 aliphatic heterocycles. The lowest BCUT2D eigenvalue weighted by Gasteiger charge is -2.25. The van der Waals surface area contributed by atoms with Gasteiger partial charge in [0.1, 0.15) is 0 Å². The Bertz CT molecular complexity index is 461. The van der Waals surface area contributed by atoms with Crippen LogP contribution in [-0.4, -0.2) is 31.1 Å². The molecule has 0 heterocycles. The minimum absolute atomic E-state index is 0.432. The zero-order valence-electron chi connectivity index (χ0n) is 14.5. The number of aryl methyl sites for hydroxylation is 3. The molecule has 1 aliphatic carbocycles. The number of nitrogens with zero attached hydrogens (tertiary/aromatic N) is 1. The third-order valence-electron chi connectivity index (χ3n) is 5.21. The van der Waals surface area contributed by atoms with Crippen molar-refractivity contribution in [2.75, 3.05) is 20.1 Å². The molecule has 1 fully saturated rings. The van der Waals surface area contributed by atoms with Crippen molar-refractivity contribution in [2.24, 2.45) is 0 Å². The van der Waals surface area contributed by atoms with Gasteiger partial charge in [0.25, 0.3) is 0 Å². The molecular formula is C19H32N2. The van der Waals surface area contributed by atoms with Crippen LogP contribution in [-0.2, 0) is 0 Å². The Hall–Kier alpha value is -0.860. The highest BCUT2D eigenvalue weighted by Gasteiger charge is 2.19. The summed E-state index contributed by atoms with van der Waals surface area (Å²) in [6, 6.07) is 5.92. The summed E-state index contributed by atoms with van der Waals surface area (Å²) in [6.07, 6.45) is 5.62. The Labute approximate surface area is 130 Å². The Balaban J connectivity index is 1.84. The molecule has 21 heavy (non-hydrogen) atoms. The van der Waals surface area contributed by atoms with E-state index >= 15 is 0 Å². The van der Waals surface area contributed by atoms with Crippen LogP contribution in [0.4, 0.5) is 0 Å². The predicted molar refractivity (Wildman–Crippen MR) is 92.0 cm³/mol. The summed E-state index contributed by atoms with van der Waals surface area (Å²) < 4.78 is 0. The maximum Gasteiger partial charge on any atom is 0.0295 e. The average molecular weight is 288 g/mol. The maximum atomic E-state index is 3.70. The molecule has 0 saturated heterocycles. The summed E-state index contributed by atoms with van der Waals surface area (Å²) in [6.45, 7) is 11.1. The first-order chi connectivity index (χ1) is 9.99. The first-order valence-electron chi connectivity index (χ1n) is 8.50. The molecule has 1 aromatic carbocycles. The highest BCUT2D eigenvalue weighted by Crippen LogP contribution is 2.23. The summed E-state index contributed by atoms with van der Waals surface area (Å²) >= 11 is 0. The second-order valence-electron chi connectivity index (χ2n) is 6.89. The molecule has 0 amide bonds. The van der Waals surface area contributed by atoms with Crippen LogP contribution in [0, 0.1) is 20.8 Å². The van der Waals surface area contributed by atoms with Crippen molar-refractivity contribution in [3.63, 3.8) is 0 Å². The van der Waals surface area contributed by atoms with Gasteiger partial charge in [-0.3, -0.25) is 0 Å². The standard InChI is InChI=1S/C19H32N2/c1-14-12-16(3)19(13-15(14)2)17(4)20-10-11-21(5)18-8-6-7-9-18/h12-13,17-18,20H,6-11H2,1-5H3. The molecule has 2 heteroatoms. The second kappa shape index (κ2) is 7.42. The number of rotatable bonds is 6. The molecule has 2 rings (SSSR count). The number of nitrogens with one attached hydrogen (secondary N) is 1. The highest BCUT2D eigenvalue weighted by molar-refractivity contribution is 5.37. The molecule has 1 aromatic rings. The number of hydrogen-bond donors (Lipinski definition) is 1. The van der Waals surface area contributed by atoms with Crippen molar-refractivity contribution in [3.05, 3.63) is 34.4 Å². The van der Waals surface area contributed by atoms with Gasteiger partial charge in [-0.05, 0) is 69.8 Å². The normalized spacial score (nSPS) is 17.6. The fraction of sp³-hybridized carbons (Fsp3) is 0.684. The fourth-order valence-electron chi connectivity index (χ4n) is 3.54. The van der Waals surface area contributed by atoms with E-state index in [2.05, 4.69) is 57.1 Å². The van der Waals surface area contributed by atoms with Crippen molar-refractivity contribution in [3.8, 4) is 0 Å². The topological polar surface area (TPSA) is 15.3 Å². The predicted octanol–water partition coefficient (Wildman–Crippen LogP) is 4.14. The third kappa shape index (κ3) is 4.31. The minimum Gasteiger partial charge on any atom is -0.309 e. The molecule has 1 aliphatic rings. The van der Waals surface area contributed by atoms with Crippen LogP contribution in [0.3, 0.4) is 0 Å². The number of benzene rings is 1. The minimum atomic E-state index is 0.432. The lowest BCUT2D eigenvalue weighted by Crippen LogP contribution is -2.36. The van der Waals surface area contributed by atoms with Crippen LogP contribution in [0.25, 0.3) is 0 Å². The van der Waals surface area contributed by atoms with E-state index in [0.717, 1.165) is 19.1 Å². The molecule has 1 saturated carbocycles. The Morgan fingerprint density at radius 3 is 2.38 bits per heavy atom. The quantitative estimate of drug-likeness (QED) is 0.846. The molecule has 1 unspecified atom stereocenters. The van der Waals surface area contributed by atoms with E-state index < -0.39 is 0 Å². The van der Waals surface area contributed by atoms with Crippen LogP contribution in [0.15, 0.2) is 12.1 Å². The van der Waals surface area contributed by atoms with Gasteiger partial charge < -0.3 is 10.2 Å². The monoisotopic (exact) mass is 288 g/mol. The average Bonchev–Trinajstić information content (AvgIpc) is 2.96. The van der Waals surface area contributed by atoms with Crippen molar-refractivity contribution < 1.29 is 0 Å². The van der Waals surface area contributed by atoms with E-state index in [9.17, 15) is 0 Å². The van der Waals surface area contributed by atoms with Gasteiger partial charge in [0.2, 0.25) is 0 Å². The van der Waals surface area contributed by atoms with E-state index in [1.54, 1.807) is 0 Å². The molecule has 2 nitrogen and oxygen atoms in total. The highest BCUT2D eigenvalue weighted by atomic mass is 15.1. The Kier molecular flexibility index (Phi) is 5.83. The van der Waals surface area contributed by atoms with Crippen molar-refractivity contribution in [1.82, 2.24) is 10.2 Å². The van der Waals surface area contributed by atoms with Gasteiger partial charge in [-0.1, -0.05) is 25.0 Å². The summed E-state index contributed by atoms with van der Waals surface area (Å²) in [5.74, 6) is 0. The number of likely N-dealkylation sites (N-methyl/N-ethyl adjacent to an activating group) is 1. The van der Waals surface area contributed by atoms with E-state index in [1.807, 2.05) is 0 Å². The lowest BCUT2D eigenvalue weighted by atomic mass is 9.96. The molecule has 0 aromatic heterocycles. The molecule has 0 bridgehead atoms. The van der Waals surface area contributed by atoms with Gasteiger partial charge in [0.15, 0.2) is 0 Å². The van der Waals surface area contributed by atoms with Gasteiger partial charge in [0, 0.05) is 25.2 Å². The zero-order valence-corrected chi connectivity index (χ0v) is 14.5. The van der Waals surface area contributed by atoms with Crippen LogP contribution >= 0.6 is 0 Å². The largest absolute Gasteiger partial charge is 0.309 e. The van der Waals surface area contributed by atoms with Crippen LogP contribution in [0.5, 0.6) is 0 Å². The van der Waals surface area contributed by atoms with Crippen molar-refractivity contribution >= 4 is 0 Å². The Morgan fingerprint density at radius 2 is 1.71 bits per heavy atom. The number of hydrogen-bond acceptors (Lipinski definition) is 2. The SMILES string of the molecule is Cc1cc(C)c(C(C)NCCN(C)C2CCCC2)cc1C. The van der Waals surface area contributed by atoms with Gasteiger partial charge in [-0.15, -0.1) is 0 Å².